The maximum absolute atomic E-state index is 12.0. The molecule has 1 aliphatic heterocycles. The summed E-state index contributed by atoms with van der Waals surface area (Å²) >= 11 is 0. The summed E-state index contributed by atoms with van der Waals surface area (Å²) in [5.41, 5.74) is 2.18. The molecule has 0 aromatic carbocycles. The molecule has 0 radical (unpaired) electrons. The molecule has 0 saturated carbocycles. The summed E-state index contributed by atoms with van der Waals surface area (Å²) in [6.07, 6.45) is 2.72. The molecule has 1 aromatic rings. The molecule has 1 saturated heterocycles. The number of nitrogens with zero attached hydrogens (tertiary/aromatic N) is 1. The van der Waals surface area contributed by atoms with E-state index in [0.717, 1.165) is 25.2 Å². The first-order valence-electron chi connectivity index (χ1n) is 6.63. The van der Waals surface area contributed by atoms with Crippen LogP contribution in [0, 0.1) is 11.8 Å². The van der Waals surface area contributed by atoms with E-state index in [9.17, 15) is 4.79 Å². The van der Waals surface area contributed by atoms with Gasteiger partial charge in [-0.05, 0) is 30.5 Å². The molecule has 1 amide bonds. The SMILES string of the molecule is CCc1cccnc1CNC(=O)[C@@H]1CNC[C@H]1C. The van der Waals surface area contributed by atoms with Gasteiger partial charge in [0.25, 0.3) is 0 Å². The highest BCUT2D eigenvalue weighted by Crippen LogP contribution is 2.16. The van der Waals surface area contributed by atoms with E-state index in [2.05, 4.69) is 35.5 Å². The summed E-state index contributed by atoms with van der Waals surface area (Å²) in [6, 6.07) is 4.00. The molecule has 0 spiro atoms. The highest BCUT2D eigenvalue weighted by molar-refractivity contribution is 5.79. The summed E-state index contributed by atoms with van der Waals surface area (Å²) in [6.45, 7) is 6.47. The lowest BCUT2D eigenvalue weighted by Crippen LogP contribution is -2.34. The standard InChI is InChI=1S/C14H21N3O/c1-3-11-5-4-6-16-13(11)9-17-14(18)12-8-15-7-10(12)2/h4-6,10,12,15H,3,7-9H2,1-2H3,(H,17,18)/t10-,12-/m1/s1. The fraction of sp³-hybridized carbons (Fsp3) is 0.571. The van der Waals surface area contributed by atoms with Gasteiger partial charge in [-0.1, -0.05) is 19.9 Å². The number of nitrogens with one attached hydrogen (secondary N) is 2. The number of carbonyl (C=O) groups is 1. The summed E-state index contributed by atoms with van der Waals surface area (Å²) < 4.78 is 0. The predicted octanol–water partition coefficient (Wildman–Crippen LogP) is 1.12. The molecule has 98 valence electrons. The van der Waals surface area contributed by atoms with Crippen molar-refractivity contribution in [2.75, 3.05) is 13.1 Å². The number of aromatic nitrogens is 1. The summed E-state index contributed by atoms with van der Waals surface area (Å²) in [5, 5.41) is 6.25. The van der Waals surface area contributed by atoms with Crippen LogP contribution in [0.3, 0.4) is 0 Å². The average molecular weight is 247 g/mol. The van der Waals surface area contributed by atoms with Gasteiger partial charge < -0.3 is 10.6 Å². The van der Waals surface area contributed by atoms with Crippen LogP contribution in [-0.2, 0) is 17.8 Å². The highest BCUT2D eigenvalue weighted by Gasteiger charge is 2.29. The van der Waals surface area contributed by atoms with Crippen LogP contribution in [0.15, 0.2) is 18.3 Å². The Morgan fingerprint density at radius 3 is 3.06 bits per heavy atom. The van der Waals surface area contributed by atoms with E-state index in [-0.39, 0.29) is 11.8 Å². The van der Waals surface area contributed by atoms with Crippen molar-refractivity contribution in [2.24, 2.45) is 11.8 Å². The minimum atomic E-state index is 0.0961. The fourth-order valence-corrected chi connectivity index (χ4v) is 2.42. The van der Waals surface area contributed by atoms with Gasteiger partial charge in [0.05, 0.1) is 18.2 Å². The highest BCUT2D eigenvalue weighted by atomic mass is 16.1. The van der Waals surface area contributed by atoms with Crippen LogP contribution in [-0.4, -0.2) is 24.0 Å². The predicted molar refractivity (Wildman–Crippen MR) is 71.0 cm³/mol. The van der Waals surface area contributed by atoms with Crippen molar-refractivity contribution < 1.29 is 4.79 Å². The lowest BCUT2D eigenvalue weighted by atomic mass is 9.97. The van der Waals surface area contributed by atoms with Gasteiger partial charge in [0.1, 0.15) is 0 Å². The van der Waals surface area contributed by atoms with Gasteiger partial charge in [0.2, 0.25) is 5.91 Å². The molecule has 0 bridgehead atoms. The number of hydrogen-bond acceptors (Lipinski definition) is 3. The Bertz CT molecular complexity index is 419. The minimum Gasteiger partial charge on any atom is -0.350 e. The van der Waals surface area contributed by atoms with Gasteiger partial charge in [0, 0.05) is 12.7 Å². The third-order valence-electron chi connectivity index (χ3n) is 3.65. The Hall–Kier alpha value is -1.42. The first-order chi connectivity index (χ1) is 8.72. The van der Waals surface area contributed by atoms with E-state index in [1.165, 1.54) is 5.56 Å². The van der Waals surface area contributed by atoms with Gasteiger partial charge in [-0.25, -0.2) is 0 Å². The van der Waals surface area contributed by atoms with Crippen LogP contribution in [0.1, 0.15) is 25.1 Å². The van der Waals surface area contributed by atoms with Crippen molar-refractivity contribution in [1.29, 1.82) is 0 Å². The lowest BCUT2D eigenvalue weighted by Gasteiger charge is -2.14. The van der Waals surface area contributed by atoms with Crippen LogP contribution in [0.5, 0.6) is 0 Å². The molecule has 0 unspecified atom stereocenters. The van der Waals surface area contributed by atoms with Crippen molar-refractivity contribution in [2.45, 2.75) is 26.8 Å². The van der Waals surface area contributed by atoms with Crippen molar-refractivity contribution in [3.63, 3.8) is 0 Å². The van der Waals surface area contributed by atoms with E-state index >= 15 is 0 Å². The Morgan fingerprint density at radius 1 is 1.56 bits per heavy atom. The lowest BCUT2D eigenvalue weighted by molar-refractivity contribution is -0.125. The zero-order chi connectivity index (χ0) is 13.0. The molecule has 1 aliphatic rings. The second-order valence-corrected chi connectivity index (χ2v) is 4.92. The topological polar surface area (TPSA) is 54.0 Å². The van der Waals surface area contributed by atoms with Crippen LogP contribution in [0.25, 0.3) is 0 Å². The van der Waals surface area contributed by atoms with E-state index in [1.54, 1.807) is 6.20 Å². The summed E-state index contributed by atoms with van der Waals surface area (Å²) in [4.78, 5) is 16.4. The molecule has 4 nitrogen and oxygen atoms in total. The van der Waals surface area contributed by atoms with Crippen LogP contribution < -0.4 is 10.6 Å². The zero-order valence-electron chi connectivity index (χ0n) is 11.1. The van der Waals surface area contributed by atoms with Crippen molar-refractivity contribution in [3.8, 4) is 0 Å². The Balaban J connectivity index is 1.93. The summed E-state index contributed by atoms with van der Waals surface area (Å²) in [7, 11) is 0. The summed E-state index contributed by atoms with van der Waals surface area (Å²) in [5.74, 6) is 0.651. The van der Waals surface area contributed by atoms with Crippen molar-refractivity contribution in [3.05, 3.63) is 29.6 Å². The first-order valence-corrected chi connectivity index (χ1v) is 6.63. The second kappa shape index (κ2) is 5.96. The Morgan fingerprint density at radius 2 is 2.39 bits per heavy atom. The molecule has 2 N–H and O–H groups in total. The Kier molecular flexibility index (Phi) is 4.31. The molecular weight excluding hydrogens is 226 g/mol. The number of rotatable bonds is 4. The van der Waals surface area contributed by atoms with Gasteiger partial charge in [-0.15, -0.1) is 0 Å². The number of hydrogen-bond donors (Lipinski definition) is 2. The van der Waals surface area contributed by atoms with Crippen molar-refractivity contribution >= 4 is 5.91 Å². The van der Waals surface area contributed by atoms with Gasteiger partial charge in [0.15, 0.2) is 0 Å². The van der Waals surface area contributed by atoms with Crippen LogP contribution in [0.4, 0.5) is 0 Å². The molecule has 4 heteroatoms. The number of carbonyl (C=O) groups excluding carboxylic acids is 1. The van der Waals surface area contributed by atoms with Crippen LogP contribution in [0.2, 0.25) is 0 Å². The van der Waals surface area contributed by atoms with Crippen LogP contribution >= 0.6 is 0 Å². The van der Waals surface area contributed by atoms with E-state index in [4.69, 9.17) is 0 Å². The zero-order valence-corrected chi connectivity index (χ0v) is 11.1. The third kappa shape index (κ3) is 2.88. The molecular formula is C14H21N3O. The molecule has 0 aliphatic carbocycles. The van der Waals surface area contributed by atoms with Gasteiger partial charge >= 0.3 is 0 Å². The largest absolute Gasteiger partial charge is 0.350 e. The second-order valence-electron chi connectivity index (χ2n) is 4.92. The van der Waals surface area contributed by atoms with Crippen molar-refractivity contribution in [1.82, 2.24) is 15.6 Å². The molecule has 2 heterocycles. The average Bonchev–Trinajstić information content (AvgIpc) is 2.82. The smallest absolute Gasteiger partial charge is 0.225 e. The molecule has 2 atom stereocenters. The third-order valence-corrected chi connectivity index (χ3v) is 3.65. The maximum Gasteiger partial charge on any atom is 0.225 e. The first kappa shape index (κ1) is 13.0. The number of amides is 1. The number of aryl methyl sites for hydroxylation is 1. The normalized spacial score (nSPS) is 23.0. The molecule has 1 fully saturated rings. The van der Waals surface area contributed by atoms with Gasteiger partial charge in [-0.2, -0.15) is 0 Å². The Labute approximate surface area is 108 Å². The minimum absolute atomic E-state index is 0.0961. The molecule has 18 heavy (non-hydrogen) atoms. The number of pyridine rings is 1. The quantitative estimate of drug-likeness (QED) is 0.838. The van der Waals surface area contributed by atoms with E-state index in [1.807, 2.05) is 6.07 Å². The molecule has 2 rings (SSSR count). The maximum atomic E-state index is 12.0. The van der Waals surface area contributed by atoms with Gasteiger partial charge in [-0.3, -0.25) is 9.78 Å². The fourth-order valence-electron chi connectivity index (χ4n) is 2.42. The van der Waals surface area contributed by atoms with E-state index in [0.29, 0.717) is 12.5 Å². The molecule has 1 aromatic heterocycles. The van der Waals surface area contributed by atoms with E-state index < -0.39 is 0 Å². The monoisotopic (exact) mass is 247 g/mol.